The molecule has 1 N–H and O–H groups in total. The number of ether oxygens (including phenoxy) is 2. The number of rotatable bonds is 8. The lowest BCUT2D eigenvalue weighted by atomic mass is 10.2. The Balaban J connectivity index is 1.61. The zero-order chi connectivity index (χ0) is 25.2. The van der Waals surface area contributed by atoms with Gasteiger partial charge in [0, 0.05) is 5.39 Å². The summed E-state index contributed by atoms with van der Waals surface area (Å²) >= 11 is 0. The summed E-state index contributed by atoms with van der Waals surface area (Å²) in [4.78, 5) is 12.9. The fourth-order valence-electron chi connectivity index (χ4n) is 3.61. The van der Waals surface area contributed by atoms with Gasteiger partial charge in [-0.15, -0.1) is 0 Å². The van der Waals surface area contributed by atoms with Crippen molar-refractivity contribution in [2.24, 2.45) is 0 Å². The van der Waals surface area contributed by atoms with Crippen molar-refractivity contribution in [3.63, 3.8) is 0 Å². The van der Waals surface area contributed by atoms with Gasteiger partial charge >= 0.3 is 6.61 Å². The van der Waals surface area contributed by atoms with Crippen molar-refractivity contribution in [2.45, 2.75) is 25.0 Å². The van der Waals surface area contributed by atoms with Crippen LogP contribution in [-0.2, 0) is 16.6 Å². The predicted molar refractivity (Wildman–Crippen MR) is 124 cm³/mol. The average Bonchev–Trinajstić information content (AvgIpc) is 3.18. The molecule has 11 heteroatoms. The molecule has 182 valence electrons. The molecule has 0 aliphatic heterocycles. The number of fused-ring (bicyclic) bond motifs is 1. The third kappa shape index (κ3) is 5.24. The van der Waals surface area contributed by atoms with Crippen molar-refractivity contribution >= 4 is 26.8 Å². The molecule has 0 radical (unpaired) electrons. The number of hydrogen-bond donors (Lipinski definition) is 1. The molecule has 0 atom stereocenters. The maximum absolute atomic E-state index is 13.0. The number of methoxy groups -OCH3 is 1. The lowest BCUT2D eigenvalue weighted by molar-refractivity contribution is -0.0498. The Kier molecular flexibility index (Phi) is 6.70. The minimum Gasteiger partial charge on any atom is -0.496 e. The Morgan fingerprint density at radius 1 is 1.09 bits per heavy atom. The van der Waals surface area contributed by atoms with Crippen LogP contribution in [0.15, 0.2) is 71.6 Å². The Labute approximate surface area is 200 Å². The average molecular weight is 502 g/mol. The van der Waals surface area contributed by atoms with Gasteiger partial charge in [0.25, 0.3) is 15.9 Å². The fraction of sp³-hybridized carbons (Fsp3) is 0.167. The Hall–Kier alpha value is -3.99. The number of halogens is 2. The van der Waals surface area contributed by atoms with Gasteiger partial charge in [-0.25, -0.2) is 13.1 Å². The van der Waals surface area contributed by atoms with Crippen molar-refractivity contribution < 1.29 is 31.5 Å². The second kappa shape index (κ2) is 9.71. The molecular formula is C24H21F2N3O5S. The fourth-order valence-corrected chi connectivity index (χ4v) is 4.65. The van der Waals surface area contributed by atoms with E-state index in [2.05, 4.69) is 14.6 Å². The van der Waals surface area contributed by atoms with Gasteiger partial charge in [0.15, 0.2) is 5.69 Å². The summed E-state index contributed by atoms with van der Waals surface area (Å²) in [6.07, 6.45) is 0. The molecule has 0 saturated carbocycles. The van der Waals surface area contributed by atoms with E-state index < -0.39 is 22.5 Å². The molecule has 0 saturated heterocycles. The number of aryl methyl sites for hydroxylation is 1. The first-order valence-electron chi connectivity index (χ1n) is 10.4. The quantitative estimate of drug-likeness (QED) is 0.390. The lowest BCUT2D eigenvalue weighted by Crippen LogP contribution is -2.31. The largest absolute Gasteiger partial charge is 0.496 e. The van der Waals surface area contributed by atoms with Gasteiger partial charge in [0.05, 0.1) is 24.1 Å². The van der Waals surface area contributed by atoms with E-state index in [0.717, 1.165) is 0 Å². The predicted octanol–water partition coefficient (Wildman–Crippen LogP) is 4.12. The van der Waals surface area contributed by atoms with Crippen molar-refractivity contribution in [3.05, 3.63) is 83.6 Å². The molecule has 4 rings (SSSR count). The van der Waals surface area contributed by atoms with Gasteiger partial charge in [-0.05, 0) is 54.4 Å². The summed E-state index contributed by atoms with van der Waals surface area (Å²) < 4.78 is 63.6. The van der Waals surface area contributed by atoms with Crippen LogP contribution in [0.4, 0.5) is 8.78 Å². The normalized spacial score (nSPS) is 11.6. The second-order valence-corrected chi connectivity index (χ2v) is 9.29. The van der Waals surface area contributed by atoms with E-state index in [9.17, 15) is 22.0 Å². The lowest BCUT2D eigenvalue weighted by Gasteiger charge is -2.09. The Morgan fingerprint density at radius 2 is 1.80 bits per heavy atom. The van der Waals surface area contributed by atoms with Crippen LogP contribution in [0.1, 0.15) is 21.6 Å². The molecule has 0 fully saturated rings. The van der Waals surface area contributed by atoms with E-state index in [1.165, 1.54) is 42.1 Å². The molecule has 0 unspecified atom stereocenters. The summed E-state index contributed by atoms with van der Waals surface area (Å²) in [5.41, 5.74) is 1.85. The van der Waals surface area contributed by atoms with Crippen LogP contribution in [-0.4, -0.2) is 37.8 Å². The van der Waals surface area contributed by atoms with Crippen LogP contribution in [0.25, 0.3) is 10.9 Å². The van der Waals surface area contributed by atoms with Crippen LogP contribution < -0.4 is 14.2 Å². The van der Waals surface area contributed by atoms with Crippen LogP contribution in [0.3, 0.4) is 0 Å². The summed E-state index contributed by atoms with van der Waals surface area (Å²) in [6.45, 7) is -1.01. The molecular weight excluding hydrogens is 480 g/mol. The highest BCUT2D eigenvalue weighted by Gasteiger charge is 2.24. The van der Waals surface area contributed by atoms with Gasteiger partial charge in [-0.2, -0.15) is 13.9 Å². The standard InChI is InChI=1S/C24H21F2N3O5S/c1-15-13-18(11-12-21(15)33-2)35(31,32)28-23(30)22-19-5-3-4-6-20(19)29(27-22)14-16-7-9-17(10-8-16)34-24(25)26/h3-13,24H,14H2,1-2H3,(H,28,30). The number of carbonyl (C=O) groups excluding carboxylic acids is 1. The van der Waals surface area contributed by atoms with E-state index >= 15 is 0 Å². The highest BCUT2D eigenvalue weighted by Crippen LogP contribution is 2.24. The zero-order valence-corrected chi connectivity index (χ0v) is 19.6. The molecule has 0 aliphatic carbocycles. The highest BCUT2D eigenvalue weighted by atomic mass is 32.2. The molecule has 1 aromatic heterocycles. The van der Waals surface area contributed by atoms with Gasteiger partial charge < -0.3 is 9.47 Å². The number of nitrogens with one attached hydrogen (secondary N) is 1. The van der Waals surface area contributed by atoms with Crippen molar-refractivity contribution in [1.82, 2.24) is 14.5 Å². The second-order valence-electron chi connectivity index (χ2n) is 7.61. The molecule has 0 bridgehead atoms. The maximum Gasteiger partial charge on any atom is 0.387 e. The molecule has 4 aromatic rings. The number of nitrogens with zero attached hydrogens (tertiary/aromatic N) is 2. The monoisotopic (exact) mass is 501 g/mol. The number of para-hydroxylation sites is 1. The van der Waals surface area contributed by atoms with Gasteiger partial charge in [0.1, 0.15) is 11.5 Å². The number of carbonyl (C=O) groups is 1. The summed E-state index contributed by atoms with van der Waals surface area (Å²) in [7, 11) is -2.69. The molecule has 35 heavy (non-hydrogen) atoms. The van der Waals surface area contributed by atoms with Gasteiger partial charge in [0.2, 0.25) is 0 Å². The Morgan fingerprint density at radius 3 is 2.46 bits per heavy atom. The van der Waals surface area contributed by atoms with E-state index in [4.69, 9.17) is 4.74 Å². The van der Waals surface area contributed by atoms with E-state index in [1.54, 1.807) is 43.3 Å². The van der Waals surface area contributed by atoms with E-state index in [-0.39, 0.29) is 22.9 Å². The number of aromatic nitrogens is 2. The van der Waals surface area contributed by atoms with Crippen LogP contribution in [0.5, 0.6) is 11.5 Å². The molecule has 0 spiro atoms. The van der Waals surface area contributed by atoms with E-state index in [1.807, 2.05) is 0 Å². The Bertz CT molecular complexity index is 1490. The van der Waals surface area contributed by atoms with Crippen molar-refractivity contribution in [2.75, 3.05) is 7.11 Å². The van der Waals surface area contributed by atoms with E-state index in [0.29, 0.717) is 27.8 Å². The van der Waals surface area contributed by atoms with Crippen molar-refractivity contribution in [1.29, 1.82) is 0 Å². The molecule has 8 nitrogen and oxygen atoms in total. The first-order valence-corrected chi connectivity index (χ1v) is 11.9. The first kappa shape index (κ1) is 24.1. The minimum absolute atomic E-state index is 0.0214. The summed E-state index contributed by atoms with van der Waals surface area (Å²) in [5.74, 6) is -0.337. The molecule has 3 aromatic carbocycles. The van der Waals surface area contributed by atoms with Crippen LogP contribution >= 0.6 is 0 Å². The smallest absolute Gasteiger partial charge is 0.387 e. The topological polar surface area (TPSA) is 99.5 Å². The zero-order valence-electron chi connectivity index (χ0n) is 18.7. The molecule has 1 amide bonds. The minimum atomic E-state index is -4.17. The van der Waals surface area contributed by atoms with Crippen LogP contribution in [0, 0.1) is 6.92 Å². The third-order valence-electron chi connectivity index (χ3n) is 5.26. The van der Waals surface area contributed by atoms with Gasteiger partial charge in [-0.3, -0.25) is 9.48 Å². The number of benzene rings is 3. The third-order valence-corrected chi connectivity index (χ3v) is 6.59. The maximum atomic E-state index is 13.0. The molecule has 1 heterocycles. The van der Waals surface area contributed by atoms with Crippen molar-refractivity contribution in [3.8, 4) is 11.5 Å². The summed E-state index contributed by atoms with van der Waals surface area (Å²) in [5, 5.41) is 4.81. The first-order chi connectivity index (χ1) is 16.7. The number of sulfonamides is 1. The number of amides is 1. The highest BCUT2D eigenvalue weighted by molar-refractivity contribution is 7.90. The SMILES string of the molecule is COc1ccc(S(=O)(=O)NC(=O)c2nn(Cc3ccc(OC(F)F)cc3)c3ccccc23)cc1C. The van der Waals surface area contributed by atoms with Gasteiger partial charge in [-0.1, -0.05) is 30.3 Å². The summed E-state index contributed by atoms with van der Waals surface area (Å²) in [6, 6.07) is 17.2. The number of hydrogen-bond acceptors (Lipinski definition) is 6. The number of alkyl halides is 2. The molecule has 0 aliphatic rings. The van der Waals surface area contributed by atoms with Crippen LogP contribution in [0.2, 0.25) is 0 Å².